The Morgan fingerprint density at radius 3 is 1.20 bits per heavy atom. The summed E-state index contributed by atoms with van der Waals surface area (Å²) < 4.78 is 0. The van der Waals surface area contributed by atoms with Crippen molar-refractivity contribution in [2.45, 2.75) is 0 Å². The number of carbonyl (C=O) groups is 1. The van der Waals surface area contributed by atoms with Crippen molar-refractivity contribution in [3.63, 3.8) is 0 Å². The Labute approximate surface area is 148 Å². The van der Waals surface area contributed by atoms with Crippen molar-refractivity contribution < 1.29 is 9.90 Å². The monoisotopic (exact) mass is 328 g/mol. The average Bonchev–Trinajstić information content (AvgIpc) is 2.68. The lowest BCUT2D eigenvalue weighted by atomic mass is 10.1. The van der Waals surface area contributed by atoms with E-state index in [1.807, 2.05) is 66.7 Å². The van der Waals surface area contributed by atoms with E-state index in [1.165, 1.54) is 11.1 Å². The van der Waals surface area contributed by atoms with Gasteiger partial charge in [0.1, 0.15) is 0 Å². The van der Waals surface area contributed by atoms with Crippen molar-refractivity contribution in [3.05, 3.63) is 114 Å². The average molecular weight is 328 g/mol. The quantitative estimate of drug-likeness (QED) is 0.497. The van der Waals surface area contributed by atoms with Crippen LogP contribution in [-0.2, 0) is 4.79 Å². The van der Waals surface area contributed by atoms with Crippen molar-refractivity contribution in [1.82, 2.24) is 0 Å². The van der Waals surface area contributed by atoms with Crippen LogP contribution in [0.5, 0.6) is 0 Å². The number of rotatable bonds is 4. The predicted molar refractivity (Wildman–Crippen MR) is 105 cm³/mol. The Bertz CT molecular complexity index is 763. The summed E-state index contributed by atoms with van der Waals surface area (Å²) in [4.78, 5) is 10.1. The van der Waals surface area contributed by atoms with E-state index in [0.717, 1.165) is 11.6 Å². The molecule has 0 atom stereocenters. The first-order valence-electron chi connectivity index (χ1n) is 7.98. The molecule has 3 aromatic carbocycles. The van der Waals surface area contributed by atoms with E-state index >= 15 is 0 Å². The summed E-state index contributed by atoms with van der Waals surface area (Å²) >= 11 is 0. The van der Waals surface area contributed by atoms with Crippen molar-refractivity contribution in [3.8, 4) is 0 Å². The maximum Gasteiger partial charge on any atom is 0.328 e. The Balaban J connectivity index is 0.000000186. The Morgan fingerprint density at radius 1 is 0.560 bits per heavy atom. The number of carboxylic acid groups (broad SMARTS) is 1. The van der Waals surface area contributed by atoms with Crippen molar-refractivity contribution in [2.24, 2.45) is 0 Å². The number of carboxylic acids is 1. The van der Waals surface area contributed by atoms with Gasteiger partial charge in [0.15, 0.2) is 0 Å². The zero-order valence-electron chi connectivity index (χ0n) is 13.8. The fraction of sp³-hybridized carbons (Fsp3) is 0. The number of hydrogen-bond donors (Lipinski definition) is 1. The van der Waals surface area contributed by atoms with Gasteiger partial charge in [-0.05, 0) is 22.8 Å². The third kappa shape index (κ3) is 7.62. The van der Waals surface area contributed by atoms with E-state index < -0.39 is 5.97 Å². The summed E-state index contributed by atoms with van der Waals surface area (Å²) in [6, 6.07) is 29.9. The van der Waals surface area contributed by atoms with E-state index in [1.54, 1.807) is 6.08 Å². The lowest BCUT2D eigenvalue weighted by Gasteiger charge is -1.92. The standard InChI is InChI=1S/C14H12.C9H8O2/c1-3-7-13(8-4-1)11-12-14-9-5-2-6-10-14;10-9(11)7-6-8-4-2-1-3-5-8/h1-12H;1-7H,(H,10,11). The molecule has 0 aliphatic carbocycles. The molecule has 3 rings (SSSR count). The minimum absolute atomic E-state index is 0.898. The van der Waals surface area contributed by atoms with Crippen LogP contribution < -0.4 is 0 Å². The topological polar surface area (TPSA) is 37.3 Å². The largest absolute Gasteiger partial charge is 0.478 e. The maximum atomic E-state index is 10.1. The van der Waals surface area contributed by atoms with Gasteiger partial charge in [0, 0.05) is 6.08 Å². The van der Waals surface area contributed by atoms with Crippen molar-refractivity contribution in [2.75, 3.05) is 0 Å². The summed E-state index contributed by atoms with van der Waals surface area (Å²) in [5, 5.41) is 8.29. The molecule has 2 heteroatoms. The number of aliphatic carboxylic acids is 1. The lowest BCUT2D eigenvalue weighted by Crippen LogP contribution is -1.85. The summed E-state index contributed by atoms with van der Waals surface area (Å²) in [5.74, 6) is -0.922. The second kappa shape index (κ2) is 10.4. The van der Waals surface area contributed by atoms with E-state index in [0.29, 0.717) is 0 Å². The predicted octanol–water partition coefficient (Wildman–Crippen LogP) is 5.64. The Kier molecular flexibility index (Phi) is 7.47. The van der Waals surface area contributed by atoms with E-state index in [9.17, 15) is 4.79 Å². The van der Waals surface area contributed by atoms with Gasteiger partial charge in [-0.2, -0.15) is 0 Å². The third-order valence-electron chi connectivity index (χ3n) is 3.29. The van der Waals surface area contributed by atoms with Gasteiger partial charge in [-0.15, -0.1) is 0 Å². The molecular formula is C23H20O2. The van der Waals surface area contributed by atoms with Crippen LogP contribution in [-0.4, -0.2) is 11.1 Å². The molecule has 0 aliphatic heterocycles. The maximum absolute atomic E-state index is 10.1. The SMILES string of the molecule is C(=Cc1ccccc1)c1ccccc1.O=C(O)C=Cc1ccccc1. The molecule has 0 aliphatic rings. The molecule has 0 aromatic heterocycles. The highest BCUT2D eigenvalue weighted by Gasteiger charge is 1.86. The number of benzene rings is 3. The van der Waals surface area contributed by atoms with Gasteiger partial charge < -0.3 is 5.11 Å². The van der Waals surface area contributed by atoms with E-state index in [4.69, 9.17) is 5.11 Å². The van der Waals surface area contributed by atoms with Crippen LogP contribution in [0.2, 0.25) is 0 Å². The third-order valence-corrected chi connectivity index (χ3v) is 3.29. The first-order chi connectivity index (χ1) is 12.2. The van der Waals surface area contributed by atoms with Crippen molar-refractivity contribution in [1.29, 1.82) is 0 Å². The Morgan fingerprint density at radius 2 is 0.880 bits per heavy atom. The highest BCUT2D eigenvalue weighted by atomic mass is 16.4. The molecule has 1 N–H and O–H groups in total. The van der Waals surface area contributed by atoms with Crippen molar-refractivity contribution >= 4 is 24.2 Å². The molecule has 0 spiro atoms. The van der Waals surface area contributed by atoms with Crippen LogP contribution >= 0.6 is 0 Å². The van der Waals surface area contributed by atoms with E-state index in [-0.39, 0.29) is 0 Å². The molecule has 0 amide bonds. The van der Waals surface area contributed by atoms with Crippen LogP contribution in [0.15, 0.2) is 97.1 Å². The molecule has 0 heterocycles. The second-order valence-electron chi connectivity index (χ2n) is 5.24. The van der Waals surface area contributed by atoms with Crippen LogP contribution in [0.25, 0.3) is 18.2 Å². The summed E-state index contributed by atoms with van der Waals surface area (Å²) in [7, 11) is 0. The smallest absolute Gasteiger partial charge is 0.328 e. The summed E-state index contributed by atoms with van der Waals surface area (Å²) in [5.41, 5.74) is 3.36. The fourth-order valence-corrected chi connectivity index (χ4v) is 2.05. The minimum atomic E-state index is -0.922. The molecule has 0 fully saturated rings. The first-order valence-corrected chi connectivity index (χ1v) is 7.98. The van der Waals surface area contributed by atoms with Crippen LogP contribution in [0, 0.1) is 0 Å². The number of hydrogen-bond acceptors (Lipinski definition) is 1. The molecule has 2 nitrogen and oxygen atoms in total. The van der Waals surface area contributed by atoms with Gasteiger partial charge in [0.2, 0.25) is 0 Å². The molecule has 0 radical (unpaired) electrons. The van der Waals surface area contributed by atoms with Crippen LogP contribution in [0.3, 0.4) is 0 Å². The van der Waals surface area contributed by atoms with Gasteiger partial charge in [-0.3, -0.25) is 0 Å². The molecule has 25 heavy (non-hydrogen) atoms. The second-order valence-corrected chi connectivity index (χ2v) is 5.24. The normalized spacial score (nSPS) is 10.4. The Hall–Kier alpha value is -3.39. The molecule has 0 bridgehead atoms. The highest BCUT2D eigenvalue weighted by Crippen LogP contribution is 2.07. The lowest BCUT2D eigenvalue weighted by molar-refractivity contribution is -0.131. The fourth-order valence-electron chi connectivity index (χ4n) is 2.05. The highest BCUT2D eigenvalue weighted by molar-refractivity contribution is 5.85. The molecule has 3 aromatic rings. The van der Waals surface area contributed by atoms with Gasteiger partial charge in [-0.25, -0.2) is 4.79 Å². The van der Waals surface area contributed by atoms with Gasteiger partial charge >= 0.3 is 5.97 Å². The van der Waals surface area contributed by atoms with Gasteiger partial charge in [-0.1, -0.05) is 103 Å². The molecule has 0 unspecified atom stereocenters. The van der Waals surface area contributed by atoms with E-state index in [2.05, 4.69) is 36.4 Å². The summed E-state index contributed by atoms with van der Waals surface area (Å²) in [6.45, 7) is 0. The zero-order chi connectivity index (χ0) is 17.7. The molecule has 0 saturated carbocycles. The molecular weight excluding hydrogens is 308 g/mol. The first kappa shape index (κ1) is 18.0. The molecule has 124 valence electrons. The van der Waals surface area contributed by atoms with Crippen LogP contribution in [0.1, 0.15) is 16.7 Å². The van der Waals surface area contributed by atoms with Crippen LogP contribution in [0.4, 0.5) is 0 Å². The zero-order valence-corrected chi connectivity index (χ0v) is 13.8. The van der Waals surface area contributed by atoms with Gasteiger partial charge in [0.05, 0.1) is 0 Å². The molecule has 0 saturated heterocycles. The van der Waals surface area contributed by atoms with Gasteiger partial charge in [0.25, 0.3) is 0 Å². The minimum Gasteiger partial charge on any atom is -0.478 e. The summed E-state index contributed by atoms with van der Waals surface area (Å²) in [6.07, 6.45) is 6.92.